The lowest BCUT2D eigenvalue weighted by Gasteiger charge is -2.49. The van der Waals surface area contributed by atoms with Gasteiger partial charge in [0.05, 0.1) is 5.41 Å². The number of carboxylic acid groups (broad SMARTS) is 1. The Hall–Kier alpha value is -1.64. The fourth-order valence-corrected chi connectivity index (χ4v) is 5.41. The lowest BCUT2D eigenvalue weighted by molar-refractivity contribution is -0.165. The van der Waals surface area contributed by atoms with Gasteiger partial charge in [0, 0.05) is 5.92 Å². The molecule has 2 bridgehead atoms. The summed E-state index contributed by atoms with van der Waals surface area (Å²) in [5.41, 5.74) is 3.08. The number of rotatable bonds is 5. The van der Waals surface area contributed by atoms with Crippen LogP contribution in [0.15, 0.2) is 34.9 Å². The number of carboxylic acids is 1. The van der Waals surface area contributed by atoms with E-state index in [9.17, 15) is 14.7 Å². The molecule has 28 heavy (non-hydrogen) atoms. The fourth-order valence-electron chi connectivity index (χ4n) is 5.41. The SMILES string of the molecule is CC(C)=CCC[C@]1(C(=O)O)[C@H]2CC=C(C)CCC=C(C)CC[C@H]1[C@H](C=O)CC2. The smallest absolute Gasteiger partial charge is 0.310 e. The predicted octanol–water partition coefficient (Wildman–Crippen LogP) is 6.50. The molecule has 0 heterocycles. The van der Waals surface area contributed by atoms with Crippen LogP contribution in [0.5, 0.6) is 0 Å². The van der Waals surface area contributed by atoms with Crippen molar-refractivity contribution in [1.29, 1.82) is 0 Å². The number of allylic oxidation sites excluding steroid dienone is 6. The highest BCUT2D eigenvalue weighted by atomic mass is 16.4. The van der Waals surface area contributed by atoms with E-state index in [1.54, 1.807) is 0 Å². The summed E-state index contributed by atoms with van der Waals surface area (Å²) in [6, 6.07) is 0. The first-order valence-electron chi connectivity index (χ1n) is 10.9. The fraction of sp³-hybridized carbons (Fsp3) is 0.680. The molecule has 0 radical (unpaired) electrons. The van der Waals surface area contributed by atoms with Crippen LogP contribution in [-0.2, 0) is 9.59 Å². The van der Waals surface area contributed by atoms with E-state index in [-0.39, 0.29) is 17.8 Å². The second-order valence-corrected chi connectivity index (χ2v) is 9.26. The van der Waals surface area contributed by atoms with Crippen LogP contribution < -0.4 is 0 Å². The molecule has 3 heteroatoms. The molecule has 2 rings (SSSR count). The summed E-state index contributed by atoms with van der Waals surface area (Å²) >= 11 is 0. The average molecular weight is 387 g/mol. The Bertz CT molecular complexity index is 651. The van der Waals surface area contributed by atoms with Crippen LogP contribution in [0.2, 0.25) is 0 Å². The molecule has 0 saturated heterocycles. The van der Waals surface area contributed by atoms with Gasteiger partial charge in [0.2, 0.25) is 0 Å². The third-order valence-corrected chi connectivity index (χ3v) is 7.07. The van der Waals surface area contributed by atoms with Crippen LogP contribution >= 0.6 is 0 Å². The average Bonchev–Trinajstić information content (AvgIpc) is 2.63. The Morgan fingerprint density at radius 2 is 1.86 bits per heavy atom. The van der Waals surface area contributed by atoms with E-state index in [1.807, 2.05) is 0 Å². The Balaban J connectivity index is 2.51. The normalized spacial score (nSPS) is 31.5. The molecule has 0 aromatic carbocycles. The van der Waals surface area contributed by atoms with Crippen molar-refractivity contribution in [3.05, 3.63) is 34.9 Å². The van der Waals surface area contributed by atoms with Crippen molar-refractivity contribution in [2.45, 2.75) is 85.5 Å². The third-order valence-electron chi connectivity index (χ3n) is 7.07. The van der Waals surface area contributed by atoms with Gasteiger partial charge in [-0.3, -0.25) is 4.79 Å². The maximum Gasteiger partial charge on any atom is 0.310 e. The lowest BCUT2D eigenvalue weighted by Crippen LogP contribution is -2.51. The quantitative estimate of drug-likeness (QED) is 0.433. The highest BCUT2D eigenvalue weighted by Gasteiger charge is 2.55. The van der Waals surface area contributed by atoms with Gasteiger partial charge in [-0.15, -0.1) is 0 Å². The minimum Gasteiger partial charge on any atom is -0.481 e. The molecule has 0 aromatic heterocycles. The zero-order chi connectivity index (χ0) is 20.7. The first-order chi connectivity index (χ1) is 13.3. The summed E-state index contributed by atoms with van der Waals surface area (Å²) in [6.07, 6.45) is 15.4. The van der Waals surface area contributed by atoms with Crippen LogP contribution in [0.25, 0.3) is 0 Å². The summed E-state index contributed by atoms with van der Waals surface area (Å²) < 4.78 is 0. The second-order valence-electron chi connectivity index (χ2n) is 9.26. The van der Waals surface area contributed by atoms with Gasteiger partial charge in [-0.05, 0) is 97.3 Å². The maximum atomic E-state index is 12.8. The lowest BCUT2D eigenvalue weighted by atomic mass is 9.53. The zero-order valence-electron chi connectivity index (χ0n) is 18.2. The number of hydrogen-bond acceptors (Lipinski definition) is 2. The van der Waals surface area contributed by atoms with E-state index in [1.165, 1.54) is 16.7 Å². The van der Waals surface area contributed by atoms with Crippen molar-refractivity contribution >= 4 is 12.3 Å². The topological polar surface area (TPSA) is 54.4 Å². The molecule has 1 saturated carbocycles. The molecule has 2 aliphatic rings. The van der Waals surface area contributed by atoms with Crippen LogP contribution in [0.3, 0.4) is 0 Å². The first-order valence-corrected chi connectivity index (χ1v) is 10.9. The minimum absolute atomic E-state index is 0.0803. The zero-order valence-corrected chi connectivity index (χ0v) is 18.2. The van der Waals surface area contributed by atoms with Gasteiger partial charge in [0.15, 0.2) is 0 Å². The van der Waals surface area contributed by atoms with Crippen LogP contribution in [0.1, 0.15) is 85.5 Å². The van der Waals surface area contributed by atoms with Crippen molar-refractivity contribution in [1.82, 2.24) is 0 Å². The largest absolute Gasteiger partial charge is 0.481 e. The molecule has 156 valence electrons. The number of carbonyl (C=O) groups excluding carboxylic acids is 1. The van der Waals surface area contributed by atoms with Gasteiger partial charge in [0.1, 0.15) is 6.29 Å². The van der Waals surface area contributed by atoms with Crippen molar-refractivity contribution in [3.63, 3.8) is 0 Å². The molecule has 0 aliphatic heterocycles. The van der Waals surface area contributed by atoms with Crippen molar-refractivity contribution < 1.29 is 14.7 Å². The van der Waals surface area contributed by atoms with Gasteiger partial charge in [-0.1, -0.05) is 34.9 Å². The number of aldehydes is 1. The van der Waals surface area contributed by atoms with Gasteiger partial charge >= 0.3 is 5.97 Å². The molecule has 1 N–H and O–H groups in total. The van der Waals surface area contributed by atoms with Crippen LogP contribution in [0.4, 0.5) is 0 Å². The molecule has 2 aliphatic carbocycles. The number of carbonyl (C=O) groups is 2. The summed E-state index contributed by atoms with van der Waals surface area (Å²) in [6.45, 7) is 8.43. The van der Waals surface area contributed by atoms with Crippen molar-refractivity contribution in [2.75, 3.05) is 0 Å². The summed E-state index contributed by atoms with van der Waals surface area (Å²) in [5, 5.41) is 10.5. The third kappa shape index (κ3) is 5.24. The summed E-state index contributed by atoms with van der Waals surface area (Å²) in [7, 11) is 0. The first kappa shape index (κ1) is 22.6. The molecule has 0 amide bonds. The van der Waals surface area contributed by atoms with Gasteiger partial charge in [-0.2, -0.15) is 0 Å². The number of hydrogen-bond donors (Lipinski definition) is 1. The summed E-state index contributed by atoms with van der Waals surface area (Å²) in [4.78, 5) is 24.8. The van der Waals surface area contributed by atoms with E-state index in [0.717, 1.165) is 57.7 Å². The highest BCUT2D eigenvalue weighted by Crippen LogP contribution is 2.54. The Morgan fingerprint density at radius 3 is 2.50 bits per heavy atom. The molecule has 0 aromatic rings. The van der Waals surface area contributed by atoms with E-state index in [4.69, 9.17) is 0 Å². The Labute approximate surface area is 171 Å². The number of fused-ring (bicyclic) bond motifs is 2. The van der Waals surface area contributed by atoms with Crippen LogP contribution in [-0.4, -0.2) is 17.4 Å². The molecular weight excluding hydrogens is 348 g/mol. The minimum atomic E-state index is -0.813. The van der Waals surface area contributed by atoms with Gasteiger partial charge in [-0.25, -0.2) is 0 Å². The van der Waals surface area contributed by atoms with Crippen LogP contribution in [0, 0.1) is 23.2 Å². The second kappa shape index (κ2) is 10.2. The predicted molar refractivity (Wildman–Crippen MR) is 115 cm³/mol. The van der Waals surface area contributed by atoms with E-state index < -0.39 is 11.4 Å². The molecule has 3 nitrogen and oxygen atoms in total. The van der Waals surface area contributed by atoms with E-state index >= 15 is 0 Å². The van der Waals surface area contributed by atoms with E-state index in [2.05, 4.69) is 45.9 Å². The molecule has 4 atom stereocenters. The molecule has 0 unspecified atom stereocenters. The maximum absolute atomic E-state index is 12.8. The van der Waals surface area contributed by atoms with Gasteiger partial charge < -0.3 is 9.90 Å². The highest BCUT2D eigenvalue weighted by molar-refractivity contribution is 5.77. The van der Waals surface area contributed by atoms with Gasteiger partial charge in [0.25, 0.3) is 0 Å². The monoisotopic (exact) mass is 386 g/mol. The molecule has 1 fully saturated rings. The van der Waals surface area contributed by atoms with Crippen molar-refractivity contribution in [3.8, 4) is 0 Å². The van der Waals surface area contributed by atoms with E-state index in [0.29, 0.717) is 6.42 Å². The summed E-state index contributed by atoms with van der Waals surface area (Å²) in [5.74, 6) is -0.806. The Morgan fingerprint density at radius 1 is 1.14 bits per heavy atom. The number of aliphatic carboxylic acids is 1. The molecular formula is C25H38O3. The standard InChI is InChI=1S/C25H38O3/c1-18(2)7-6-16-25(24(27)28)22-13-10-19(3)8-5-9-20(4)11-15-23(25)21(17-26)12-14-22/h7,9-10,17,21-23H,5-6,8,11-16H2,1-4H3,(H,27,28)/t21-,22-,23-,25-/m0/s1. The van der Waals surface area contributed by atoms with Crippen molar-refractivity contribution in [2.24, 2.45) is 23.2 Å². The Kier molecular flexibility index (Phi) is 8.27. The molecule has 0 spiro atoms.